The van der Waals surface area contributed by atoms with Crippen molar-refractivity contribution < 1.29 is 14.0 Å². The van der Waals surface area contributed by atoms with Crippen molar-refractivity contribution in [2.45, 2.75) is 52.6 Å². The monoisotopic (exact) mass is 384 g/mol. The zero-order valence-electron chi connectivity index (χ0n) is 17.3. The van der Waals surface area contributed by atoms with Gasteiger partial charge in [0.15, 0.2) is 0 Å². The second kappa shape index (κ2) is 9.00. The average Bonchev–Trinajstić information content (AvgIpc) is 2.65. The van der Waals surface area contributed by atoms with Crippen LogP contribution in [0.1, 0.15) is 56.1 Å². The Morgan fingerprint density at radius 1 is 1.11 bits per heavy atom. The molecule has 1 atom stereocenters. The molecule has 0 fully saturated rings. The molecule has 2 aromatic carbocycles. The highest BCUT2D eigenvalue weighted by molar-refractivity contribution is 5.97. The molecule has 2 amide bonds. The molecule has 0 heterocycles. The number of hydrogen-bond donors (Lipinski definition) is 1. The molecule has 0 aliphatic heterocycles. The topological polar surface area (TPSA) is 49.4 Å². The van der Waals surface area contributed by atoms with E-state index in [-0.39, 0.29) is 23.0 Å². The maximum Gasteiger partial charge on any atom is 0.251 e. The molecular weight excluding hydrogens is 355 g/mol. The largest absolute Gasteiger partial charge is 0.341 e. The zero-order valence-corrected chi connectivity index (χ0v) is 17.3. The van der Waals surface area contributed by atoms with Crippen LogP contribution in [0.25, 0.3) is 0 Å². The van der Waals surface area contributed by atoms with Gasteiger partial charge in [-0.2, -0.15) is 0 Å². The third kappa shape index (κ3) is 5.65. The molecule has 1 N–H and O–H groups in total. The van der Waals surface area contributed by atoms with E-state index in [1.807, 2.05) is 19.1 Å². The van der Waals surface area contributed by atoms with Gasteiger partial charge in [0.1, 0.15) is 11.9 Å². The van der Waals surface area contributed by atoms with Crippen molar-refractivity contribution in [3.8, 4) is 0 Å². The lowest BCUT2D eigenvalue weighted by atomic mass is 9.86. The third-order valence-corrected chi connectivity index (χ3v) is 4.69. The Labute approximate surface area is 166 Å². The molecule has 0 bridgehead atoms. The summed E-state index contributed by atoms with van der Waals surface area (Å²) in [5, 5.41) is 2.76. The lowest BCUT2D eigenvalue weighted by molar-refractivity contribution is -0.133. The Morgan fingerprint density at radius 2 is 1.75 bits per heavy atom. The highest BCUT2D eigenvalue weighted by Gasteiger charge is 2.22. The minimum absolute atomic E-state index is 0.0107. The molecule has 0 aliphatic carbocycles. The third-order valence-electron chi connectivity index (χ3n) is 4.69. The number of rotatable bonds is 6. The highest BCUT2D eigenvalue weighted by Crippen LogP contribution is 2.22. The van der Waals surface area contributed by atoms with E-state index in [0.29, 0.717) is 24.2 Å². The Balaban J connectivity index is 2.02. The van der Waals surface area contributed by atoms with Gasteiger partial charge in [-0.15, -0.1) is 0 Å². The molecule has 2 aromatic rings. The Kier molecular flexibility index (Phi) is 6.95. The SMILES string of the molecule is CCN(Cc1cccc(F)c1)C(=O)C(C)NC(=O)c1ccc(C(C)(C)C)cc1. The number of nitrogens with one attached hydrogen (secondary N) is 1. The summed E-state index contributed by atoms with van der Waals surface area (Å²) in [6, 6.07) is 12.9. The number of amides is 2. The summed E-state index contributed by atoms with van der Waals surface area (Å²) < 4.78 is 13.4. The molecule has 150 valence electrons. The van der Waals surface area contributed by atoms with Crippen LogP contribution in [0.4, 0.5) is 4.39 Å². The predicted octanol–water partition coefficient (Wildman–Crippen LogP) is 4.29. The van der Waals surface area contributed by atoms with Crippen LogP contribution in [0.15, 0.2) is 48.5 Å². The normalized spacial score (nSPS) is 12.4. The summed E-state index contributed by atoms with van der Waals surface area (Å²) in [7, 11) is 0. The van der Waals surface area contributed by atoms with Gasteiger partial charge in [-0.05, 0) is 54.7 Å². The van der Waals surface area contributed by atoms with Crippen molar-refractivity contribution >= 4 is 11.8 Å². The van der Waals surface area contributed by atoms with E-state index in [1.54, 1.807) is 36.1 Å². The van der Waals surface area contributed by atoms with Crippen LogP contribution in [0, 0.1) is 5.82 Å². The number of halogens is 1. The van der Waals surface area contributed by atoms with Crippen molar-refractivity contribution in [3.63, 3.8) is 0 Å². The number of hydrogen-bond acceptors (Lipinski definition) is 2. The Morgan fingerprint density at radius 3 is 2.29 bits per heavy atom. The molecular formula is C23H29FN2O2. The molecule has 4 nitrogen and oxygen atoms in total. The Hall–Kier alpha value is -2.69. The molecule has 1 unspecified atom stereocenters. The van der Waals surface area contributed by atoms with E-state index in [0.717, 1.165) is 5.56 Å². The molecule has 0 spiro atoms. The first kappa shape index (κ1) is 21.6. The van der Waals surface area contributed by atoms with Crippen molar-refractivity contribution in [3.05, 3.63) is 71.0 Å². The number of carbonyl (C=O) groups is 2. The first-order valence-corrected chi connectivity index (χ1v) is 9.56. The van der Waals surface area contributed by atoms with Crippen LogP contribution in [0.2, 0.25) is 0 Å². The van der Waals surface area contributed by atoms with Crippen molar-refractivity contribution in [2.24, 2.45) is 0 Å². The summed E-state index contributed by atoms with van der Waals surface area (Å²) in [5.41, 5.74) is 2.38. The summed E-state index contributed by atoms with van der Waals surface area (Å²) in [6.07, 6.45) is 0. The van der Waals surface area contributed by atoms with Crippen molar-refractivity contribution in [1.29, 1.82) is 0 Å². The second-order valence-electron chi connectivity index (χ2n) is 8.00. The van der Waals surface area contributed by atoms with Crippen LogP contribution in [0.3, 0.4) is 0 Å². The quantitative estimate of drug-likeness (QED) is 0.808. The van der Waals surface area contributed by atoms with E-state index in [2.05, 4.69) is 26.1 Å². The molecule has 28 heavy (non-hydrogen) atoms. The average molecular weight is 384 g/mol. The van der Waals surface area contributed by atoms with E-state index in [9.17, 15) is 14.0 Å². The number of nitrogens with zero attached hydrogens (tertiary/aromatic N) is 1. The smallest absolute Gasteiger partial charge is 0.251 e. The molecule has 0 aromatic heterocycles. The second-order valence-corrected chi connectivity index (χ2v) is 8.00. The van der Waals surface area contributed by atoms with Crippen LogP contribution in [-0.2, 0) is 16.8 Å². The fourth-order valence-electron chi connectivity index (χ4n) is 2.94. The van der Waals surface area contributed by atoms with Gasteiger partial charge in [0.2, 0.25) is 5.91 Å². The first-order chi connectivity index (χ1) is 13.1. The first-order valence-electron chi connectivity index (χ1n) is 9.56. The standard InChI is InChI=1S/C23H29FN2O2/c1-6-26(15-17-8-7-9-20(24)14-17)22(28)16(2)25-21(27)18-10-12-19(13-11-18)23(3,4)5/h7-14,16H,6,15H2,1-5H3,(H,25,27). The fourth-order valence-corrected chi connectivity index (χ4v) is 2.94. The molecule has 0 radical (unpaired) electrons. The minimum atomic E-state index is -0.677. The molecule has 5 heteroatoms. The van der Waals surface area contributed by atoms with Gasteiger partial charge in [-0.1, -0.05) is 45.0 Å². The van der Waals surface area contributed by atoms with Crippen LogP contribution >= 0.6 is 0 Å². The molecule has 0 saturated carbocycles. The van der Waals surface area contributed by atoms with Crippen molar-refractivity contribution in [2.75, 3.05) is 6.54 Å². The maximum absolute atomic E-state index is 13.4. The van der Waals surface area contributed by atoms with Crippen LogP contribution in [0.5, 0.6) is 0 Å². The van der Waals surface area contributed by atoms with Crippen LogP contribution in [-0.4, -0.2) is 29.3 Å². The molecule has 0 saturated heterocycles. The predicted molar refractivity (Wildman–Crippen MR) is 110 cm³/mol. The van der Waals surface area contributed by atoms with Gasteiger partial charge in [-0.3, -0.25) is 9.59 Å². The summed E-state index contributed by atoms with van der Waals surface area (Å²) in [5.74, 6) is -0.824. The van der Waals surface area contributed by atoms with E-state index in [4.69, 9.17) is 0 Å². The fraction of sp³-hybridized carbons (Fsp3) is 0.391. The van der Waals surface area contributed by atoms with Gasteiger partial charge in [0.25, 0.3) is 5.91 Å². The van der Waals surface area contributed by atoms with E-state index in [1.165, 1.54) is 12.1 Å². The van der Waals surface area contributed by atoms with E-state index >= 15 is 0 Å². The minimum Gasteiger partial charge on any atom is -0.341 e. The van der Waals surface area contributed by atoms with Gasteiger partial charge in [0.05, 0.1) is 0 Å². The van der Waals surface area contributed by atoms with Gasteiger partial charge in [-0.25, -0.2) is 4.39 Å². The summed E-state index contributed by atoms with van der Waals surface area (Å²) in [6.45, 7) is 10.6. The summed E-state index contributed by atoms with van der Waals surface area (Å²) in [4.78, 5) is 26.8. The number of likely N-dealkylation sites (N-methyl/N-ethyl adjacent to an activating group) is 1. The number of benzene rings is 2. The zero-order chi connectivity index (χ0) is 20.9. The van der Waals surface area contributed by atoms with Crippen molar-refractivity contribution in [1.82, 2.24) is 10.2 Å². The van der Waals surface area contributed by atoms with Gasteiger partial charge >= 0.3 is 0 Å². The van der Waals surface area contributed by atoms with Gasteiger partial charge in [0, 0.05) is 18.7 Å². The summed E-state index contributed by atoms with van der Waals surface area (Å²) >= 11 is 0. The maximum atomic E-state index is 13.4. The molecule has 0 aliphatic rings. The number of carbonyl (C=O) groups excluding carboxylic acids is 2. The van der Waals surface area contributed by atoms with E-state index < -0.39 is 6.04 Å². The highest BCUT2D eigenvalue weighted by atomic mass is 19.1. The molecule has 2 rings (SSSR count). The lowest BCUT2D eigenvalue weighted by Crippen LogP contribution is -2.46. The van der Waals surface area contributed by atoms with Gasteiger partial charge < -0.3 is 10.2 Å². The lowest BCUT2D eigenvalue weighted by Gasteiger charge is -2.25. The Bertz CT molecular complexity index is 825. The van der Waals surface area contributed by atoms with Crippen LogP contribution < -0.4 is 5.32 Å².